The van der Waals surface area contributed by atoms with E-state index in [1.54, 1.807) is 24.3 Å². The maximum Gasteiger partial charge on any atom is 0.331 e. The first kappa shape index (κ1) is 17.3. The minimum Gasteiger partial charge on any atom is -0.452 e. The number of nitrogens with zero attached hydrogens (tertiary/aromatic N) is 1. The van der Waals surface area contributed by atoms with Crippen molar-refractivity contribution in [1.82, 2.24) is 4.98 Å². The average Bonchev–Trinajstić information content (AvgIpc) is 3.04. The monoisotopic (exact) mass is 358 g/mol. The number of hydrogen-bond acceptors (Lipinski definition) is 5. The molecule has 3 rings (SSSR count). The summed E-state index contributed by atoms with van der Waals surface area (Å²) < 4.78 is 36.0. The van der Waals surface area contributed by atoms with Crippen molar-refractivity contribution in [3.8, 4) is 0 Å². The molecule has 132 valence electrons. The van der Waals surface area contributed by atoms with Crippen LogP contribution >= 0.6 is 0 Å². The molecule has 0 unspecified atom stereocenters. The Morgan fingerprint density at radius 1 is 1.15 bits per heavy atom. The second-order valence-electron chi connectivity index (χ2n) is 5.14. The Morgan fingerprint density at radius 3 is 2.73 bits per heavy atom. The average molecular weight is 358 g/mol. The molecule has 6 nitrogen and oxygen atoms in total. The number of nitrogens with one attached hydrogen (secondary N) is 1. The number of carbonyl (C=O) groups excluding carboxylic acids is 2. The Kier molecular flexibility index (Phi) is 5.02. The topological polar surface area (TPSA) is 81.4 Å². The molecule has 0 radical (unpaired) electrons. The highest BCUT2D eigenvalue weighted by Crippen LogP contribution is 2.15. The molecule has 0 aliphatic heterocycles. The maximum absolute atomic E-state index is 13.0. The van der Waals surface area contributed by atoms with Gasteiger partial charge in [0.15, 0.2) is 23.8 Å². The van der Waals surface area contributed by atoms with Crippen LogP contribution in [0.1, 0.15) is 5.89 Å². The fraction of sp³-hybridized carbons (Fsp3) is 0.0556. The molecule has 0 aliphatic carbocycles. The van der Waals surface area contributed by atoms with Gasteiger partial charge in [0.2, 0.25) is 5.89 Å². The van der Waals surface area contributed by atoms with Crippen LogP contribution in [0.2, 0.25) is 0 Å². The standard InChI is InChI=1S/C18H12F2N2O4/c19-12-6-5-11(9-13(12)20)21-16(23)10-25-18(24)8-7-17-22-14-3-1-2-4-15(14)26-17/h1-9H,10H2,(H,21,23)/b8-7+. The summed E-state index contributed by atoms with van der Waals surface area (Å²) in [5.74, 6) is -3.39. The summed E-state index contributed by atoms with van der Waals surface area (Å²) in [6, 6.07) is 9.98. The molecule has 1 amide bonds. The van der Waals surface area contributed by atoms with Gasteiger partial charge in [-0.25, -0.2) is 18.6 Å². The van der Waals surface area contributed by atoms with Crippen molar-refractivity contribution in [1.29, 1.82) is 0 Å². The van der Waals surface area contributed by atoms with E-state index < -0.39 is 30.1 Å². The number of para-hydroxylation sites is 2. The highest BCUT2D eigenvalue weighted by molar-refractivity contribution is 5.94. The van der Waals surface area contributed by atoms with Gasteiger partial charge in [0, 0.05) is 23.9 Å². The third kappa shape index (κ3) is 4.29. The number of rotatable bonds is 5. The summed E-state index contributed by atoms with van der Waals surface area (Å²) in [4.78, 5) is 27.4. The van der Waals surface area contributed by atoms with Crippen molar-refractivity contribution in [3.63, 3.8) is 0 Å². The second kappa shape index (κ2) is 7.56. The summed E-state index contributed by atoms with van der Waals surface area (Å²) in [6.07, 6.45) is 2.38. The number of carbonyl (C=O) groups is 2. The van der Waals surface area contributed by atoms with Crippen molar-refractivity contribution in [3.05, 3.63) is 66.1 Å². The lowest BCUT2D eigenvalue weighted by atomic mass is 10.3. The van der Waals surface area contributed by atoms with E-state index in [0.717, 1.165) is 18.2 Å². The predicted molar refractivity (Wildman–Crippen MR) is 89.0 cm³/mol. The highest BCUT2D eigenvalue weighted by Gasteiger charge is 2.09. The molecule has 26 heavy (non-hydrogen) atoms. The van der Waals surface area contributed by atoms with Crippen LogP contribution < -0.4 is 5.32 Å². The number of fused-ring (bicyclic) bond motifs is 1. The van der Waals surface area contributed by atoms with Crippen LogP contribution in [0.4, 0.5) is 14.5 Å². The molecule has 0 spiro atoms. The predicted octanol–water partition coefficient (Wildman–Crippen LogP) is 3.30. The molecule has 0 fully saturated rings. The number of esters is 1. The normalized spacial score (nSPS) is 11.0. The van der Waals surface area contributed by atoms with E-state index in [1.807, 2.05) is 0 Å². The van der Waals surface area contributed by atoms with Crippen molar-refractivity contribution >= 4 is 34.7 Å². The van der Waals surface area contributed by atoms with Crippen LogP contribution in [0.3, 0.4) is 0 Å². The first-order chi connectivity index (χ1) is 12.5. The molecule has 0 atom stereocenters. The summed E-state index contributed by atoms with van der Waals surface area (Å²) in [7, 11) is 0. The highest BCUT2D eigenvalue weighted by atomic mass is 19.2. The van der Waals surface area contributed by atoms with E-state index >= 15 is 0 Å². The van der Waals surface area contributed by atoms with E-state index in [9.17, 15) is 18.4 Å². The molecular formula is C18H12F2N2O4. The largest absolute Gasteiger partial charge is 0.452 e. The summed E-state index contributed by atoms with van der Waals surface area (Å²) >= 11 is 0. The minimum atomic E-state index is -1.10. The summed E-state index contributed by atoms with van der Waals surface area (Å²) in [5, 5.41) is 2.28. The molecule has 0 saturated carbocycles. The smallest absolute Gasteiger partial charge is 0.331 e. The third-order valence-corrected chi connectivity index (χ3v) is 3.22. The van der Waals surface area contributed by atoms with Crippen LogP contribution in [0.25, 0.3) is 17.2 Å². The van der Waals surface area contributed by atoms with Gasteiger partial charge >= 0.3 is 5.97 Å². The van der Waals surface area contributed by atoms with E-state index in [0.29, 0.717) is 11.1 Å². The zero-order valence-electron chi connectivity index (χ0n) is 13.2. The third-order valence-electron chi connectivity index (χ3n) is 3.22. The van der Waals surface area contributed by atoms with E-state index in [4.69, 9.17) is 9.15 Å². The van der Waals surface area contributed by atoms with Crippen LogP contribution in [-0.4, -0.2) is 23.5 Å². The summed E-state index contributed by atoms with van der Waals surface area (Å²) in [6.45, 7) is -0.588. The second-order valence-corrected chi connectivity index (χ2v) is 5.14. The number of amides is 1. The van der Waals surface area contributed by atoms with Crippen LogP contribution in [0.15, 0.2) is 53.0 Å². The number of anilines is 1. The van der Waals surface area contributed by atoms with Gasteiger partial charge in [-0.2, -0.15) is 0 Å². The maximum atomic E-state index is 13.0. The van der Waals surface area contributed by atoms with Crippen LogP contribution in [0, 0.1) is 11.6 Å². The number of ether oxygens (including phenoxy) is 1. The van der Waals surface area contributed by atoms with Crippen molar-refractivity contribution < 1.29 is 27.5 Å². The fourth-order valence-electron chi connectivity index (χ4n) is 2.06. The lowest BCUT2D eigenvalue weighted by Gasteiger charge is -2.05. The Hall–Kier alpha value is -3.55. The Bertz CT molecular complexity index is 965. The van der Waals surface area contributed by atoms with Gasteiger partial charge in [-0.3, -0.25) is 4.79 Å². The van der Waals surface area contributed by atoms with Crippen molar-refractivity contribution in [2.45, 2.75) is 0 Å². The van der Waals surface area contributed by atoms with Crippen molar-refractivity contribution in [2.75, 3.05) is 11.9 Å². The number of oxazole rings is 1. The molecule has 0 bridgehead atoms. The number of halogens is 2. The quantitative estimate of drug-likeness (QED) is 0.559. The minimum absolute atomic E-state index is 0.0481. The van der Waals surface area contributed by atoms with Gasteiger partial charge in [-0.1, -0.05) is 12.1 Å². The van der Waals surface area contributed by atoms with E-state index in [-0.39, 0.29) is 11.6 Å². The number of aromatic nitrogens is 1. The first-order valence-electron chi connectivity index (χ1n) is 7.46. The van der Waals surface area contributed by atoms with E-state index in [1.165, 1.54) is 12.1 Å². The molecule has 1 N–H and O–H groups in total. The summed E-state index contributed by atoms with van der Waals surface area (Å²) in [5.41, 5.74) is 1.27. The first-order valence-corrected chi connectivity index (χ1v) is 7.46. The van der Waals surface area contributed by atoms with Gasteiger partial charge in [-0.15, -0.1) is 0 Å². The molecule has 0 aliphatic rings. The van der Waals surface area contributed by atoms with Crippen molar-refractivity contribution in [2.24, 2.45) is 0 Å². The van der Waals surface area contributed by atoms with Gasteiger partial charge in [-0.05, 0) is 24.3 Å². The Balaban J connectivity index is 1.51. The molecule has 1 aromatic heterocycles. The number of benzene rings is 2. The molecule has 1 heterocycles. The van der Waals surface area contributed by atoms with Gasteiger partial charge in [0.25, 0.3) is 5.91 Å². The molecule has 3 aromatic rings. The SMILES string of the molecule is O=C(COC(=O)/C=C/c1nc2ccccc2o1)Nc1ccc(F)c(F)c1. The molecule has 2 aromatic carbocycles. The Labute approximate surface area is 146 Å². The molecule has 0 saturated heterocycles. The van der Waals surface area contributed by atoms with Gasteiger partial charge < -0.3 is 14.5 Å². The fourth-order valence-corrected chi connectivity index (χ4v) is 2.06. The Morgan fingerprint density at radius 2 is 1.96 bits per heavy atom. The number of hydrogen-bond donors (Lipinski definition) is 1. The van der Waals surface area contributed by atoms with Gasteiger partial charge in [0.1, 0.15) is 5.52 Å². The van der Waals surface area contributed by atoms with Gasteiger partial charge in [0.05, 0.1) is 0 Å². The molecule has 8 heteroatoms. The molecular weight excluding hydrogens is 346 g/mol. The van der Waals surface area contributed by atoms with E-state index in [2.05, 4.69) is 10.3 Å². The van der Waals surface area contributed by atoms with Crippen LogP contribution in [-0.2, 0) is 14.3 Å². The lowest BCUT2D eigenvalue weighted by Crippen LogP contribution is -2.20. The lowest BCUT2D eigenvalue weighted by molar-refractivity contribution is -0.142. The zero-order valence-corrected chi connectivity index (χ0v) is 13.2. The zero-order chi connectivity index (χ0) is 18.5. The van der Waals surface area contributed by atoms with Crippen LogP contribution in [0.5, 0.6) is 0 Å².